The summed E-state index contributed by atoms with van der Waals surface area (Å²) in [5.74, 6) is 0. The highest BCUT2D eigenvalue weighted by Crippen LogP contribution is 2.68. The molecule has 0 aromatic heterocycles. The van der Waals surface area contributed by atoms with Gasteiger partial charge in [-0.05, 0) is 17.1 Å². The molecule has 3 N–H and O–H groups in total. The number of allylic oxidation sites excluding steroid dienone is 4. The van der Waals surface area contributed by atoms with Crippen LogP contribution in [0.2, 0.25) is 0 Å². The number of rotatable bonds is 1. The molecule has 1 aliphatic carbocycles. The second-order valence-corrected chi connectivity index (χ2v) is 9.12. The Labute approximate surface area is 111 Å². The van der Waals surface area contributed by atoms with Gasteiger partial charge in [-0.3, -0.25) is 0 Å². The smallest absolute Gasteiger partial charge is 0.192 e. The van der Waals surface area contributed by atoms with Crippen molar-refractivity contribution in [1.82, 2.24) is 0 Å². The molecule has 1 rings (SSSR count). The molecule has 0 amide bonds. The lowest BCUT2D eigenvalue weighted by atomic mass is 9.72. The van der Waals surface area contributed by atoms with E-state index in [1.54, 1.807) is 6.08 Å². The normalized spacial score (nSPS) is 26.2. The van der Waals surface area contributed by atoms with Crippen molar-refractivity contribution in [3.8, 4) is 0 Å². The summed E-state index contributed by atoms with van der Waals surface area (Å²) in [6.45, 7) is 12.1. The molecule has 0 bridgehead atoms. The molecular formula is C14H26O3P+. The summed E-state index contributed by atoms with van der Waals surface area (Å²) in [5.41, 5.74) is 0.771. The van der Waals surface area contributed by atoms with Crippen LogP contribution in [0.4, 0.5) is 0 Å². The maximum atomic E-state index is 9.86. The van der Waals surface area contributed by atoms with Gasteiger partial charge in [-0.25, -0.2) is 0 Å². The Morgan fingerprint density at radius 3 is 1.78 bits per heavy atom. The highest BCUT2D eigenvalue weighted by molar-refractivity contribution is 7.60. The average molecular weight is 273 g/mol. The Balaban J connectivity index is 3.19. The van der Waals surface area contributed by atoms with Crippen LogP contribution >= 0.6 is 7.94 Å². The molecular weight excluding hydrogens is 247 g/mol. The quantitative estimate of drug-likeness (QED) is 0.641. The van der Waals surface area contributed by atoms with Gasteiger partial charge in [-0.2, -0.15) is 14.7 Å². The molecule has 0 saturated heterocycles. The second-order valence-electron chi connectivity index (χ2n) is 7.19. The van der Waals surface area contributed by atoms with E-state index in [4.69, 9.17) is 0 Å². The van der Waals surface area contributed by atoms with E-state index in [1.165, 1.54) is 0 Å². The molecule has 4 heteroatoms. The molecule has 0 radical (unpaired) electrons. The van der Waals surface area contributed by atoms with Crippen LogP contribution in [0.5, 0.6) is 0 Å². The van der Waals surface area contributed by atoms with E-state index in [2.05, 4.69) is 20.8 Å². The molecule has 1 unspecified atom stereocenters. The van der Waals surface area contributed by atoms with Crippen molar-refractivity contribution in [1.29, 1.82) is 0 Å². The highest BCUT2D eigenvalue weighted by atomic mass is 31.2. The van der Waals surface area contributed by atoms with Gasteiger partial charge in [0.1, 0.15) is 0 Å². The summed E-state index contributed by atoms with van der Waals surface area (Å²) >= 11 is 0. The van der Waals surface area contributed by atoms with Crippen molar-refractivity contribution >= 4 is 7.94 Å². The molecule has 0 spiro atoms. The van der Waals surface area contributed by atoms with Crippen molar-refractivity contribution in [3.05, 3.63) is 23.8 Å². The predicted octanol–water partition coefficient (Wildman–Crippen LogP) is 3.44. The van der Waals surface area contributed by atoms with Crippen LogP contribution in [0.3, 0.4) is 0 Å². The van der Waals surface area contributed by atoms with Crippen molar-refractivity contribution < 1.29 is 14.7 Å². The number of hydrogen-bond acceptors (Lipinski definition) is 3. The van der Waals surface area contributed by atoms with Gasteiger partial charge in [0.2, 0.25) is 0 Å². The maximum Gasteiger partial charge on any atom is 0.414 e. The lowest BCUT2D eigenvalue weighted by Crippen LogP contribution is -2.44. The zero-order valence-electron chi connectivity index (χ0n) is 12.2. The molecule has 0 heterocycles. The largest absolute Gasteiger partial charge is 0.414 e. The standard InChI is InChI=1S/C14H26O3P/c1-12(2,3)11-7-9-14(10-8-11,13(4,5)6)18(15,16)17/h7-9,15-17H,10H2,1-6H3/q+1. The fourth-order valence-corrected chi connectivity index (χ4v) is 3.92. The van der Waals surface area contributed by atoms with E-state index < -0.39 is 18.5 Å². The summed E-state index contributed by atoms with van der Waals surface area (Å²) < 4.78 is 0. The second kappa shape index (κ2) is 4.42. The fraction of sp³-hybridized carbons (Fsp3) is 0.714. The Bertz CT molecular complexity index is 361. The molecule has 0 aromatic rings. The Morgan fingerprint density at radius 1 is 1.06 bits per heavy atom. The first-order valence-electron chi connectivity index (χ1n) is 6.28. The van der Waals surface area contributed by atoms with E-state index in [9.17, 15) is 14.7 Å². The van der Waals surface area contributed by atoms with Crippen LogP contribution in [0.1, 0.15) is 48.0 Å². The van der Waals surface area contributed by atoms with Crippen molar-refractivity contribution in [3.63, 3.8) is 0 Å². The van der Waals surface area contributed by atoms with E-state index in [-0.39, 0.29) is 5.41 Å². The maximum absolute atomic E-state index is 9.86. The van der Waals surface area contributed by atoms with Crippen LogP contribution in [0.15, 0.2) is 23.8 Å². The minimum Gasteiger partial charge on any atom is -0.192 e. The summed E-state index contributed by atoms with van der Waals surface area (Å²) in [4.78, 5) is 29.6. The zero-order chi connectivity index (χ0) is 14.4. The van der Waals surface area contributed by atoms with Gasteiger partial charge in [0.05, 0.1) is 0 Å². The molecule has 3 nitrogen and oxygen atoms in total. The third-order valence-electron chi connectivity index (χ3n) is 3.87. The molecule has 1 aliphatic rings. The lowest BCUT2D eigenvalue weighted by molar-refractivity contribution is 0.219. The molecule has 0 saturated carbocycles. The van der Waals surface area contributed by atoms with E-state index in [0.717, 1.165) is 5.57 Å². The molecule has 0 aromatic carbocycles. The Kier molecular flexibility index (Phi) is 3.89. The SMILES string of the molecule is CC(C)(C)C1=CCC(C(C)(C)C)([P+](O)(O)O)C=C1. The van der Waals surface area contributed by atoms with Gasteiger partial charge in [0, 0.05) is 11.8 Å². The first kappa shape index (κ1) is 15.8. The first-order valence-corrected chi connectivity index (χ1v) is 7.93. The molecule has 0 fully saturated rings. The van der Waals surface area contributed by atoms with E-state index >= 15 is 0 Å². The third-order valence-corrected chi connectivity index (χ3v) is 5.95. The minimum absolute atomic E-state index is 0.0298. The van der Waals surface area contributed by atoms with Gasteiger partial charge >= 0.3 is 7.94 Å². The van der Waals surface area contributed by atoms with E-state index in [0.29, 0.717) is 6.42 Å². The summed E-state index contributed by atoms with van der Waals surface area (Å²) in [5, 5.41) is -0.977. The van der Waals surface area contributed by atoms with Crippen molar-refractivity contribution in [2.75, 3.05) is 0 Å². The van der Waals surface area contributed by atoms with Gasteiger partial charge in [-0.1, -0.05) is 53.7 Å². The van der Waals surface area contributed by atoms with Crippen molar-refractivity contribution in [2.24, 2.45) is 10.8 Å². The fourth-order valence-electron chi connectivity index (χ4n) is 2.41. The summed E-state index contributed by atoms with van der Waals surface area (Å²) in [6, 6.07) is 0. The van der Waals surface area contributed by atoms with Gasteiger partial charge < -0.3 is 0 Å². The van der Waals surface area contributed by atoms with Crippen molar-refractivity contribution in [2.45, 2.75) is 53.1 Å². The first-order chi connectivity index (χ1) is 7.81. The Hall–Kier alpha value is -0.210. The zero-order valence-corrected chi connectivity index (χ0v) is 13.1. The predicted molar refractivity (Wildman–Crippen MR) is 77.1 cm³/mol. The minimum atomic E-state index is -3.95. The van der Waals surface area contributed by atoms with Crippen LogP contribution in [0, 0.1) is 10.8 Å². The van der Waals surface area contributed by atoms with Gasteiger partial charge in [-0.15, -0.1) is 0 Å². The summed E-state index contributed by atoms with van der Waals surface area (Å²) in [7, 11) is -3.95. The lowest BCUT2D eigenvalue weighted by Gasteiger charge is -2.42. The monoisotopic (exact) mass is 273 g/mol. The van der Waals surface area contributed by atoms with Gasteiger partial charge in [0.25, 0.3) is 0 Å². The number of hydrogen-bond donors (Lipinski definition) is 3. The van der Waals surface area contributed by atoms with Crippen LogP contribution in [0.25, 0.3) is 0 Å². The van der Waals surface area contributed by atoms with E-state index in [1.807, 2.05) is 32.9 Å². The third kappa shape index (κ3) is 2.70. The van der Waals surface area contributed by atoms with Gasteiger partial charge in [0.15, 0.2) is 5.16 Å². The highest BCUT2D eigenvalue weighted by Gasteiger charge is 2.63. The Morgan fingerprint density at radius 2 is 1.56 bits per heavy atom. The average Bonchev–Trinajstić information content (AvgIpc) is 2.13. The molecule has 1 atom stereocenters. The van der Waals surface area contributed by atoms with Crippen LogP contribution in [-0.4, -0.2) is 19.8 Å². The molecule has 104 valence electrons. The van der Waals surface area contributed by atoms with Crippen LogP contribution in [-0.2, 0) is 0 Å². The molecule has 18 heavy (non-hydrogen) atoms. The molecule has 0 aliphatic heterocycles. The summed E-state index contributed by atoms with van der Waals surface area (Å²) in [6.07, 6.45) is 6.19. The van der Waals surface area contributed by atoms with Crippen LogP contribution < -0.4 is 0 Å². The topological polar surface area (TPSA) is 60.7 Å².